The van der Waals surface area contributed by atoms with E-state index in [-0.39, 0.29) is 5.76 Å². The Balaban J connectivity index is 3.18. The molecule has 0 amide bonds. The molecule has 0 aromatic heterocycles. The third-order valence-electron chi connectivity index (χ3n) is 1.96. The molecular formula is C11H14O3. The van der Waals surface area contributed by atoms with Crippen molar-refractivity contribution < 1.29 is 14.6 Å². The summed E-state index contributed by atoms with van der Waals surface area (Å²) in [6.45, 7) is 1.76. The van der Waals surface area contributed by atoms with Gasteiger partial charge < -0.3 is 14.6 Å². The van der Waals surface area contributed by atoms with E-state index in [4.69, 9.17) is 9.47 Å². The zero-order chi connectivity index (χ0) is 10.6. The average Bonchev–Trinajstić information content (AvgIpc) is 2.27. The molecule has 1 N–H and O–H groups in total. The van der Waals surface area contributed by atoms with Crippen LogP contribution in [0.5, 0.6) is 11.5 Å². The lowest BCUT2D eigenvalue weighted by molar-refractivity contribution is 0.390. The van der Waals surface area contributed by atoms with Crippen LogP contribution in [0.4, 0.5) is 0 Å². The second-order valence-corrected chi connectivity index (χ2v) is 2.74. The molecule has 0 saturated carbocycles. The van der Waals surface area contributed by atoms with E-state index in [1.165, 1.54) is 0 Å². The number of rotatable bonds is 3. The highest BCUT2D eigenvalue weighted by molar-refractivity contribution is 5.65. The van der Waals surface area contributed by atoms with Crippen molar-refractivity contribution in [3.63, 3.8) is 0 Å². The first-order valence-corrected chi connectivity index (χ1v) is 4.30. The van der Waals surface area contributed by atoms with Crippen molar-refractivity contribution >= 4 is 5.76 Å². The van der Waals surface area contributed by atoms with Gasteiger partial charge in [-0.2, -0.15) is 0 Å². The van der Waals surface area contributed by atoms with Gasteiger partial charge in [0.2, 0.25) is 0 Å². The van der Waals surface area contributed by atoms with E-state index < -0.39 is 0 Å². The third kappa shape index (κ3) is 1.99. The molecule has 0 aliphatic rings. The van der Waals surface area contributed by atoms with Crippen molar-refractivity contribution in [1.82, 2.24) is 0 Å². The molecule has 1 aromatic carbocycles. The Morgan fingerprint density at radius 1 is 1.29 bits per heavy atom. The molecular weight excluding hydrogens is 180 g/mol. The van der Waals surface area contributed by atoms with Gasteiger partial charge in [-0.3, -0.25) is 0 Å². The smallest absolute Gasteiger partial charge is 0.133 e. The molecule has 0 unspecified atom stereocenters. The molecule has 0 spiro atoms. The molecule has 3 heteroatoms. The highest BCUT2D eigenvalue weighted by Gasteiger charge is 2.07. The van der Waals surface area contributed by atoms with E-state index >= 15 is 0 Å². The number of allylic oxidation sites excluding steroid dienone is 1. The van der Waals surface area contributed by atoms with Gasteiger partial charge in [0.15, 0.2) is 0 Å². The molecule has 1 rings (SSSR count). The number of ether oxygens (including phenoxy) is 2. The van der Waals surface area contributed by atoms with Crippen LogP contribution in [0, 0.1) is 0 Å². The van der Waals surface area contributed by atoms with Gasteiger partial charge in [-0.1, -0.05) is 0 Å². The quantitative estimate of drug-likeness (QED) is 0.752. The number of aliphatic hydroxyl groups excluding tert-OH is 1. The molecule has 14 heavy (non-hydrogen) atoms. The van der Waals surface area contributed by atoms with Crippen LogP contribution in [0.1, 0.15) is 12.5 Å². The topological polar surface area (TPSA) is 38.7 Å². The maximum absolute atomic E-state index is 9.55. The van der Waals surface area contributed by atoms with Crippen LogP contribution >= 0.6 is 0 Å². The number of hydrogen-bond acceptors (Lipinski definition) is 3. The maximum Gasteiger partial charge on any atom is 0.133 e. The van der Waals surface area contributed by atoms with Gasteiger partial charge in [-0.15, -0.1) is 0 Å². The lowest BCUT2D eigenvalue weighted by Gasteiger charge is -2.09. The molecule has 0 saturated heterocycles. The summed E-state index contributed by atoms with van der Waals surface area (Å²) in [6.07, 6.45) is 1.62. The van der Waals surface area contributed by atoms with E-state index in [1.54, 1.807) is 45.4 Å². The molecule has 0 bridgehead atoms. The monoisotopic (exact) mass is 194 g/mol. The predicted octanol–water partition coefficient (Wildman–Crippen LogP) is 2.62. The van der Waals surface area contributed by atoms with Crippen LogP contribution in [0.2, 0.25) is 0 Å². The summed E-state index contributed by atoms with van der Waals surface area (Å²) in [4.78, 5) is 0. The first-order valence-electron chi connectivity index (χ1n) is 4.30. The minimum Gasteiger partial charge on any atom is -0.508 e. The lowest BCUT2D eigenvalue weighted by atomic mass is 10.1. The van der Waals surface area contributed by atoms with Crippen molar-refractivity contribution in [2.24, 2.45) is 0 Å². The van der Waals surface area contributed by atoms with Crippen LogP contribution < -0.4 is 9.47 Å². The molecule has 0 fully saturated rings. The molecule has 76 valence electrons. The zero-order valence-corrected chi connectivity index (χ0v) is 8.57. The molecule has 0 aliphatic heterocycles. The van der Waals surface area contributed by atoms with Gasteiger partial charge >= 0.3 is 0 Å². The minimum atomic E-state index is 0.199. The second-order valence-electron chi connectivity index (χ2n) is 2.74. The fourth-order valence-corrected chi connectivity index (χ4v) is 1.17. The maximum atomic E-state index is 9.55. The Bertz CT molecular complexity index is 342. The van der Waals surface area contributed by atoms with Gasteiger partial charge in [0.25, 0.3) is 0 Å². The van der Waals surface area contributed by atoms with Crippen LogP contribution in [-0.2, 0) is 0 Å². The van der Waals surface area contributed by atoms with Crippen molar-refractivity contribution in [2.45, 2.75) is 6.92 Å². The van der Waals surface area contributed by atoms with Gasteiger partial charge in [-0.05, 0) is 25.1 Å². The molecule has 3 nitrogen and oxygen atoms in total. The van der Waals surface area contributed by atoms with Crippen LogP contribution in [0.25, 0.3) is 5.76 Å². The van der Waals surface area contributed by atoms with E-state index in [0.29, 0.717) is 17.1 Å². The standard InChI is InChI=1S/C11H14O3/c1-4-10(12)9-6-5-8(13-2)7-11(9)14-3/h4-7,12H,1-3H3. The minimum absolute atomic E-state index is 0.199. The summed E-state index contributed by atoms with van der Waals surface area (Å²) >= 11 is 0. The normalized spacial score (nSPS) is 11.2. The first kappa shape index (κ1) is 10.4. The van der Waals surface area contributed by atoms with Gasteiger partial charge in [0.1, 0.15) is 17.3 Å². The number of aliphatic hydroxyl groups is 1. The van der Waals surface area contributed by atoms with Crippen molar-refractivity contribution in [2.75, 3.05) is 14.2 Å². The largest absolute Gasteiger partial charge is 0.508 e. The van der Waals surface area contributed by atoms with Crippen LogP contribution in [0.3, 0.4) is 0 Å². The molecule has 0 radical (unpaired) electrons. The summed E-state index contributed by atoms with van der Waals surface area (Å²) in [5.74, 6) is 1.50. The number of benzene rings is 1. The van der Waals surface area contributed by atoms with E-state index in [9.17, 15) is 5.11 Å². The fraction of sp³-hybridized carbons (Fsp3) is 0.273. The summed E-state index contributed by atoms with van der Waals surface area (Å²) in [5.41, 5.74) is 0.663. The molecule has 0 atom stereocenters. The molecule has 0 heterocycles. The summed E-state index contributed by atoms with van der Waals surface area (Å²) < 4.78 is 10.2. The lowest BCUT2D eigenvalue weighted by Crippen LogP contribution is -1.92. The molecule has 1 aromatic rings. The zero-order valence-electron chi connectivity index (χ0n) is 8.57. The van der Waals surface area contributed by atoms with E-state index in [0.717, 1.165) is 0 Å². The Kier molecular flexibility index (Phi) is 3.40. The number of hydrogen-bond donors (Lipinski definition) is 1. The Morgan fingerprint density at radius 3 is 2.50 bits per heavy atom. The Morgan fingerprint density at radius 2 is 2.00 bits per heavy atom. The second kappa shape index (κ2) is 4.56. The van der Waals surface area contributed by atoms with Gasteiger partial charge in [0.05, 0.1) is 19.8 Å². The molecule has 0 aliphatic carbocycles. The van der Waals surface area contributed by atoms with Crippen molar-refractivity contribution in [1.29, 1.82) is 0 Å². The number of methoxy groups -OCH3 is 2. The first-order chi connectivity index (χ1) is 6.72. The van der Waals surface area contributed by atoms with Gasteiger partial charge in [0, 0.05) is 6.07 Å². The highest BCUT2D eigenvalue weighted by Crippen LogP contribution is 2.28. The Hall–Kier alpha value is -1.64. The summed E-state index contributed by atoms with van der Waals surface area (Å²) in [7, 11) is 3.14. The van der Waals surface area contributed by atoms with E-state index in [1.807, 2.05) is 0 Å². The average molecular weight is 194 g/mol. The highest BCUT2D eigenvalue weighted by atomic mass is 16.5. The van der Waals surface area contributed by atoms with Crippen molar-refractivity contribution in [3.05, 3.63) is 29.8 Å². The van der Waals surface area contributed by atoms with Crippen molar-refractivity contribution in [3.8, 4) is 11.5 Å². The fourth-order valence-electron chi connectivity index (χ4n) is 1.17. The summed E-state index contributed by atoms with van der Waals surface area (Å²) in [6, 6.07) is 5.26. The predicted molar refractivity (Wildman–Crippen MR) is 55.8 cm³/mol. The van der Waals surface area contributed by atoms with Crippen LogP contribution in [-0.4, -0.2) is 19.3 Å². The Labute approximate surface area is 83.6 Å². The van der Waals surface area contributed by atoms with Crippen LogP contribution in [0.15, 0.2) is 24.3 Å². The van der Waals surface area contributed by atoms with Gasteiger partial charge in [-0.25, -0.2) is 0 Å². The van der Waals surface area contributed by atoms with E-state index in [2.05, 4.69) is 0 Å². The third-order valence-corrected chi connectivity index (χ3v) is 1.96. The summed E-state index contributed by atoms with van der Waals surface area (Å²) in [5, 5.41) is 9.55. The SMILES string of the molecule is CC=C(O)c1ccc(OC)cc1OC.